The zero-order valence-corrected chi connectivity index (χ0v) is 19.0. The van der Waals surface area contributed by atoms with E-state index in [1.807, 2.05) is 26.8 Å². The second-order valence-electron chi connectivity index (χ2n) is 6.78. The van der Waals surface area contributed by atoms with Gasteiger partial charge in [0.1, 0.15) is 5.82 Å². The maximum absolute atomic E-state index is 12.7. The molecule has 0 bridgehead atoms. The average Bonchev–Trinajstić information content (AvgIpc) is 2.72. The monoisotopic (exact) mass is 457 g/mol. The van der Waals surface area contributed by atoms with E-state index in [-0.39, 0.29) is 21.9 Å². The number of sulfonamides is 1. The maximum Gasteiger partial charge on any atom is 0.263 e. The van der Waals surface area contributed by atoms with Gasteiger partial charge in [-0.05, 0) is 62.7 Å². The van der Waals surface area contributed by atoms with Crippen molar-refractivity contribution in [1.82, 2.24) is 15.0 Å². The summed E-state index contributed by atoms with van der Waals surface area (Å²) in [6.07, 6.45) is 2.09. The number of pyridine rings is 1. The molecule has 3 aromatic rings. The molecule has 0 saturated heterocycles. The molecule has 2 N–H and O–H groups in total. The Balaban J connectivity index is 1.67. The molecular weight excluding hydrogens is 434 g/mol. The van der Waals surface area contributed by atoms with Gasteiger partial charge in [0.05, 0.1) is 10.1 Å². The van der Waals surface area contributed by atoms with E-state index in [4.69, 9.17) is 0 Å². The van der Waals surface area contributed by atoms with Gasteiger partial charge in [-0.1, -0.05) is 24.8 Å². The molecule has 0 spiro atoms. The van der Waals surface area contributed by atoms with Crippen molar-refractivity contribution in [3.8, 4) is 0 Å². The molecule has 2 heterocycles. The standard InChI is InChI=1S/C21H23N5O3S2/c1-4-18(30-21-23-14(2)13-15(3)24-21)20(27)25-16-8-10-17(11-9-16)31(28,29)26-19-7-5-6-12-22-19/h5-13,18H,4H2,1-3H3,(H,22,26)(H,25,27). The highest BCUT2D eigenvalue weighted by Gasteiger charge is 2.20. The molecule has 0 aliphatic heterocycles. The molecule has 0 aliphatic carbocycles. The summed E-state index contributed by atoms with van der Waals surface area (Å²) >= 11 is 1.31. The third-order valence-electron chi connectivity index (χ3n) is 4.21. The fourth-order valence-corrected chi connectivity index (χ4v) is 4.74. The second-order valence-corrected chi connectivity index (χ2v) is 9.63. The molecule has 0 saturated carbocycles. The number of amides is 1. The minimum atomic E-state index is -3.77. The first-order valence-electron chi connectivity index (χ1n) is 9.60. The molecule has 31 heavy (non-hydrogen) atoms. The van der Waals surface area contributed by atoms with E-state index in [1.165, 1.54) is 30.1 Å². The summed E-state index contributed by atoms with van der Waals surface area (Å²) < 4.78 is 27.4. The molecule has 0 aliphatic rings. The van der Waals surface area contributed by atoms with Gasteiger partial charge in [0.25, 0.3) is 10.0 Å². The fraction of sp³-hybridized carbons (Fsp3) is 0.238. The fourth-order valence-electron chi connectivity index (χ4n) is 2.76. The van der Waals surface area contributed by atoms with Gasteiger partial charge in [0.15, 0.2) is 5.16 Å². The van der Waals surface area contributed by atoms with Crippen molar-refractivity contribution in [2.75, 3.05) is 10.0 Å². The summed E-state index contributed by atoms with van der Waals surface area (Å²) in [5, 5.41) is 3.01. The lowest BCUT2D eigenvalue weighted by Gasteiger charge is -2.14. The Hall–Kier alpha value is -2.98. The molecule has 162 valence electrons. The first-order valence-corrected chi connectivity index (χ1v) is 12.0. The number of carbonyl (C=O) groups is 1. The molecule has 2 aromatic heterocycles. The predicted molar refractivity (Wildman–Crippen MR) is 122 cm³/mol. The second kappa shape index (κ2) is 9.88. The Morgan fingerprint density at radius 2 is 1.74 bits per heavy atom. The van der Waals surface area contributed by atoms with Gasteiger partial charge in [-0.2, -0.15) is 0 Å². The Morgan fingerprint density at radius 1 is 1.06 bits per heavy atom. The number of aryl methyl sites for hydroxylation is 2. The van der Waals surface area contributed by atoms with Gasteiger partial charge in [0.2, 0.25) is 5.91 Å². The van der Waals surface area contributed by atoms with E-state index in [0.29, 0.717) is 17.3 Å². The molecule has 1 atom stereocenters. The lowest BCUT2D eigenvalue weighted by atomic mass is 10.3. The van der Waals surface area contributed by atoms with Gasteiger partial charge in [0, 0.05) is 23.3 Å². The molecule has 1 unspecified atom stereocenters. The summed E-state index contributed by atoms with van der Waals surface area (Å²) in [5.41, 5.74) is 2.20. The zero-order chi connectivity index (χ0) is 22.4. The van der Waals surface area contributed by atoms with E-state index in [9.17, 15) is 13.2 Å². The zero-order valence-electron chi connectivity index (χ0n) is 17.4. The minimum absolute atomic E-state index is 0.0706. The Kier molecular flexibility index (Phi) is 7.24. The smallest absolute Gasteiger partial charge is 0.263 e. The molecule has 8 nitrogen and oxygen atoms in total. The molecule has 1 amide bonds. The topological polar surface area (TPSA) is 114 Å². The van der Waals surface area contributed by atoms with Gasteiger partial charge >= 0.3 is 0 Å². The molecular formula is C21H23N5O3S2. The summed E-state index contributed by atoms with van der Waals surface area (Å²) in [5.74, 6) is 0.0359. The van der Waals surface area contributed by atoms with Crippen molar-refractivity contribution in [3.63, 3.8) is 0 Å². The summed E-state index contributed by atoms with van der Waals surface area (Å²) in [6, 6.07) is 12.8. The minimum Gasteiger partial charge on any atom is -0.325 e. The van der Waals surface area contributed by atoms with E-state index in [2.05, 4.69) is 25.0 Å². The number of carbonyl (C=O) groups excluding carboxylic acids is 1. The van der Waals surface area contributed by atoms with Crippen LogP contribution < -0.4 is 10.0 Å². The van der Waals surface area contributed by atoms with Crippen LogP contribution in [-0.2, 0) is 14.8 Å². The van der Waals surface area contributed by atoms with Crippen molar-refractivity contribution in [1.29, 1.82) is 0 Å². The van der Waals surface area contributed by atoms with Crippen LogP contribution in [0.2, 0.25) is 0 Å². The van der Waals surface area contributed by atoms with Crippen molar-refractivity contribution in [2.24, 2.45) is 0 Å². The summed E-state index contributed by atoms with van der Waals surface area (Å²) in [6.45, 7) is 5.69. The molecule has 0 fully saturated rings. The van der Waals surface area contributed by atoms with E-state index < -0.39 is 10.0 Å². The van der Waals surface area contributed by atoms with Crippen LogP contribution >= 0.6 is 11.8 Å². The summed E-state index contributed by atoms with van der Waals surface area (Å²) in [4.78, 5) is 25.5. The normalized spacial score (nSPS) is 12.2. The highest BCUT2D eigenvalue weighted by atomic mass is 32.2. The number of nitrogens with zero attached hydrogens (tertiary/aromatic N) is 3. The largest absolute Gasteiger partial charge is 0.325 e. The number of hydrogen-bond donors (Lipinski definition) is 2. The Bertz CT molecular complexity index is 1130. The summed E-state index contributed by atoms with van der Waals surface area (Å²) in [7, 11) is -3.77. The van der Waals surface area contributed by atoms with Gasteiger partial charge in [-0.15, -0.1) is 0 Å². The van der Waals surface area contributed by atoms with Crippen molar-refractivity contribution in [3.05, 3.63) is 66.1 Å². The van der Waals surface area contributed by atoms with E-state index in [0.717, 1.165) is 11.4 Å². The third kappa shape index (κ3) is 6.25. The van der Waals surface area contributed by atoms with Crippen LogP contribution in [-0.4, -0.2) is 34.5 Å². The maximum atomic E-state index is 12.7. The number of anilines is 2. The van der Waals surface area contributed by atoms with Crippen LogP contribution in [0.4, 0.5) is 11.5 Å². The van der Waals surface area contributed by atoms with Gasteiger partial charge in [-0.3, -0.25) is 9.52 Å². The quantitative estimate of drug-likeness (QED) is 0.391. The van der Waals surface area contributed by atoms with Crippen LogP contribution in [0.25, 0.3) is 0 Å². The first-order chi connectivity index (χ1) is 14.8. The van der Waals surface area contributed by atoms with Crippen LogP contribution in [0.1, 0.15) is 24.7 Å². The Labute approximate surface area is 186 Å². The molecule has 1 aromatic carbocycles. The van der Waals surface area contributed by atoms with Crippen LogP contribution in [0.15, 0.2) is 64.8 Å². The lowest BCUT2D eigenvalue weighted by Crippen LogP contribution is -2.25. The van der Waals surface area contributed by atoms with E-state index in [1.54, 1.807) is 30.3 Å². The number of benzene rings is 1. The number of rotatable bonds is 8. The van der Waals surface area contributed by atoms with E-state index >= 15 is 0 Å². The van der Waals surface area contributed by atoms with Crippen LogP contribution in [0, 0.1) is 13.8 Å². The van der Waals surface area contributed by atoms with Crippen LogP contribution in [0.5, 0.6) is 0 Å². The molecule has 3 rings (SSSR count). The lowest BCUT2D eigenvalue weighted by molar-refractivity contribution is -0.115. The van der Waals surface area contributed by atoms with Crippen molar-refractivity contribution >= 4 is 39.2 Å². The predicted octanol–water partition coefficient (Wildman–Crippen LogP) is 3.80. The third-order valence-corrected chi connectivity index (χ3v) is 6.80. The molecule has 0 radical (unpaired) electrons. The Morgan fingerprint density at radius 3 is 2.32 bits per heavy atom. The van der Waals surface area contributed by atoms with Gasteiger partial charge < -0.3 is 5.32 Å². The van der Waals surface area contributed by atoms with Crippen molar-refractivity contribution in [2.45, 2.75) is 42.5 Å². The number of hydrogen-bond acceptors (Lipinski definition) is 7. The highest BCUT2D eigenvalue weighted by molar-refractivity contribution is 8.00. The van der Waals surface area contributed by atoms with Crippen molar-refractivity contribution < 1.29 is 13.2 Å². The number of nitrogens with one attached hydrogen (secondary N) is 2. The average molecular weight is 458 g/mol. The molecule has 10 heteroatoms. The number of thioether (sulfide) groups is 1. The number of aromatic nitrogens is 3. The van der Waals surface area contributed by atoms with Gasteiger partial charge in [-0.25, -0.2) is 23.4 Å². The highest BCUT2D eigenvalue weighted by Crippen LogP contribution is 2.24. The van der Waals surface area contributed by atoms with Crippen LogP contribution in [0.3, 0.4) is 0 Å². The first kappa shape index (κ1) is 22.7. The SMILES string of the molecule is CCC(Sc1nc(C)cc(C)n1)C(=O)Nc1ccc(S(=O)(=O)Nc2ccccn2)cc1.